The summed E-state index contributed by atoms with van der Waals surface area (Å²) >= 11 is 0. The highest BCUT2D eigenvalue weighted by atomic mass is 16.7. The third-order valence-corrected chi connectivity index (χ3v) is 3.66. The molecule has 114 valence electrons. The molecule has 0 aromatic carbocycles. The maximum atomic E-state index is 9.82. The summed E-state index contributed by atoms with van der Waals surface area (Å²) in [4.78, 5) is 0. The maximum absolute atomic E-state index is 9.82. The highest BCUT2D eigenvalue weighted by Gasteiger charge is 2.44. The van der Waals surface area contributed by atoms with Crippen molar-refractivity contribution in [2.45, 2.75) is 70.4 Å². The smallest absolute Gasteiger partial charge is 0.186 e. The first kappa shape index (κ1) is 16.8. The van der Waals surface area contributed by atoms with Gasteiger partial charge in [-0.05, 0) is 19.3 Å². The Morgan fingerprint density at radius 1 is 1.21 bits per heavy atom. The maximum Gasteiger partial charge on any atom is 0.186 e. The number of hydrogen-bond acceptors (Lipinski definition) is 6. The van der Waals surface area contributed by atoms with Gasteiger partial charge in [0.1, 0.15) is 18.3 Å². The van der Waals surface area contributed by atoms with Crippen molar-refractivity contribution < 1.29 is 29.9 Å². The van der Waals surface area contributed by atoms with Crippen molar-refractivity contribution >= 4 is 0 Å². The molecule has 4 N–H and O–H groups in total. The van der Waals surface area contributed by atoms with Crippen molar-refractivity contribution in [1.29, 1.82) is 0 Å². The minimum Gasteiger partial charge on any atom is -0.394 e. The van der Waals surface area contributed by atoms with Crippen LogP contribution in [0.3, 0.4) is 0 Å². The van der Waals surface area contributed by atoms with Crippen molar-refractivity contribution in [2.24, 2.45) is 5.92 Å². The van der Waals surface area contributed by atoms with Crippen LogP contribution in [0.1, 0.15) is 33.6 Å². The van der Waals surface area contributed by atoms with E-state index in [0.29, 0.717) is 6.42 Å². The second-order valence-electron chi connectivity index (χ2n) is 5.35. The van der Waals surface area contributed by atoms with Crippen molar-refractivity contribution in [2.75, 3.05) is 6.61 Å². The van der Waals surface area contributed by atoms with E-state index in [1.807, 2.05) is 13.8 Å². The second-order valence-corrected chi connectivity index (χ2v) is 5.35. The van der Waals surface area contributed by atoms with Gasteiger partial charge in [0.2, 0.25) is 0 Å². The topological polar surface area (TPSA) is 99.4 Å². The minimum absolute atomic E-state index is 0.190. The Balaban J connectivity index is 2.63. The van der Waals surface area contributed by atoms with Crippen LogP contribution in [-0.4, -0.2) is 63.8 Å². The van der Waals surface area contributed by atoms with E-state index in [2.05, 4.69) is 0 Å². The van der Waals surface area contributed by atoms with E-state index in [0.717, 1.165) is 6.42 Å². The summed E-state index contributed by atoms with van der Waals surface area (Å²) < 4.78 is 11.0. The Morgan fingerprint density at radius 2 is 1.84 bits per heavy atom. The summed E-state index contributed by atoms with van der Waals surface area (Å²) in [6, 6.07) is 0. The van der Waals surface area contributed by atoms with E-state index in [-0.39, 0.29) is 18.6 Å². The zero-order valence-corrected chi connectivity index (χ0v) is 11.8. The predicted molar refractivity (Wildman–Crippen MR) is 68.4 cm³/mol. The number of aliphatic hydroxyl groups excluding tert-OH is 4. The SMILES string of the molecule is CC[C@@H](C)C(C[C@@H](C)O)O[C@@H]1O[C@@H](CO)[C@H](O)[C@H]1O. The molecule has 1 saturated heterocycles. The lowest BCUT2D eigenvalue weighted by molar-refractivity contribution is -0.207. The summed E-state index contributed by atoms with van der Waals surface area (Å²) in [6.45, 7) is 5.31. The normalized spacial score (nSPS) is 36.2. The van der Waals surface area contributed by atoms with Crippen LogP contribution in [0.5, 0.6) is 0 Å². The van der Waals surface area contributed by atoms with Crippen molar-refractivity contribution in [3.63, 3.8) is 0 Å². The van der Waals surface area contributed by atoms with Crippen molar-refractivity contribution in [3.05, 3.63) is 0 Å². The van der Waals surface area contributed by atoms with Gasteiger partial charge < -0.3 is 29.9 Å². The first-order chi connectivity index (χ1) is 8.90. The highest BCUT2D eigenvalue weighted by Crippen LogP contribution is 2.27. The molecule has 1 aliphatic heterocycles. The minimum atomic E-state index is -1.18. The molecule has 0 spiro atoms. The van der Waals surface area contributed by atoms with Gasteiger partial charge in [0, 0.05) is 0 Å². The molecule has 1 aliphatic rings. The Labute approximate surface area is 114 Å². The van der Waals surface area contributed by atoms with Crippen LogP contribution in [0.15, 0.2) is 0 Å². The molecule has 0 aliphatic carbocycles. The third-order valence-electron chi connectivity index (χ3n) is 3.66. The second kappa shape index (κ2) is 7.52. The Hall–Kier alpha value is -0.240. The van der Waals surface area contributed by atoms with Gasteiger partial charge in [-0.3, -0.25) is 0 Å². The fourth-order valence-electron chi connectivity index (χ4n) is 2.17. The van der Waals surface area contributed by atoms with E-state index in [9.17, 15) is 15.3 Å². The molecule has 0 saturated carbocycles. The Kier molecular flexibility index (Phi) is 6.65. The fraction of sp³-hybridized carbons (Fsp3) is 1.00. The van der Waals surface area contributed by atoms with Gasteiger partial charge in [-0.1, -0.05) is 20.3 Å². The lowest BCUT2D eigenvalue weighted by Gasteiger charge is -2.28. The van der Waals surface area contributed by atoms with Gasteiger partial charge in [-0.15, -0.1) is 0 Å². The molecule has 0 aromatic rings. The summed E-state index contributed by atoms with van der Waals surface area (Å²) in [5, 5.41) is 38.0. The molecule has 1 unspecified atom stereocenters. The van der Waals surface area contributed by atoms with Gasteiger partial charge in [0.05, 0.1) is 18.8 Å². The van der Waals surface area contributed by atoms with E-state index < -0.39 is 30.7 Å². The van der Waals surface area contributed by atoms with E-state index in [4.69, 9.17) is 14.6 Å². The molecule has 19 heavy (non-hydrogen) atoms. The molecule has 7 atom stereocenters. The summed E-state index contributed by atoms with van der Waals surface area (Å²) in [6.07, 6.45) is -3.62. The molecule has 0 aromatic heterocycles. The molecular formula is C13H26O6. The first-order valence-electron chi connectivity index (χ1n) is 6.86. The molecule has 6 heteroatoms. The van der Waals surface area contributed by atoms with Crippen molar-refractivity contribution in [1.82, 2.24) is 0 Å². The summed E-state index contributed by atoms with van der Waals surface area (Å²) in [7, 11) is 0. The van der Waals surface area contributed by atoms with E-state index >= 15 is 0 Å². The van der Waals surface area contributed by atoms with Gasteiger partial charge >= 0.3 is 0 Å². The molecule has 0 radical (unpaired) electrons. The molecule has 0 bridgehead atoms. The van der Waals surface area contributed by atoms with Crippen molar-refractivity contribution in [3.8, 4) is 0 Å². The predicted octanol–water partition coefficient (Wildman–Crippen LogP) is -0.372. The number of ether oxygens (including phenoxy) is 2. The van der Waals surface area contributed by atoms with E-state index in [1.165, 1.54) is 0 Å². The van der Waals surface area contributed by atoms with Crippen LogP contribution in [0.4, 0.5) is 0 Å². The Morgan fingerprint density at radius 3 is 2.26 bits per heavy atom. The van der Waals surface area contributed by atoms with Gasteiger partial charge in [-0.25, -0.2) is 0 Å². The van der Waals surface area contributed by atoms with Gasteiger partial charge in [0.15, 0.2) is 6.29 Å². The molecule has 1 fully saturated rings. The van der Waals surface area contributed by atoms with Crippen LogP contribution < -0.4 is 0 Å². The average molecular weight is 278 g/mol. The van der Waals surface area contributed by atoms with Crippen LogP contribution in [0.2, 0.25) is 0 Å². The van der Waals surface area contributed by atoms with E-state index in [1.54, 1.807) is 6.92 Å². The molecular weight excluding hydrogens is 252 g/mol. The van der Waals surface area contributed by atoms with Crippen LogP contribution in [0, 0.1) is 5.92 Å². The lowest BCUT2D eigenvalue weighted by atomic mass is 9.97. The molecule has 0 amide bonds. The fourth-order valence-corrected chi connectivity index (χ4v) is 2.17. The summed E-state index contributed by atoms with van der Waals surface area (Å²) in [5.41, 5.74) is 0. The Bertz CT molecular complexity index is 260. The zero-order chi connectivity index (χ0) is 14.6. The lowest BCUT2D eigenvalue weighted by Crippen LogP contribution is -2.38. The third kappa shape index (κ3) is 4.37. The quantitative estimate of drug-likeness (QED) is 0.507. The number of aliphatic hydroxyl groups is 4. The van der Waals surface area contributed by atoms with Crippen LogP contribution >= 0.6 is 0 Å². The molecule has 6 nitrogen and oxygen atoms in total. The van der Waals surface area contributed by atoms with Crippen LogP contribution in [-0.2, 0) is 9.47 Å². The molecule has 1 heterocycles. The van der Waals surface area contributed by atoms with Gasteiger partial charge in [0.25, 0.3) is 0 Å². The summed E-state index contributed by atoms with van der Waals surface area (Å²) in [5.74, 6) is 0.190. The molecule has 1 rings (SSSR count). The highest BCUT2D eigenvalue weighted by molar-refractivity contribution is 4.87. The number of rotatable bonds is 7. The average Bonchev–Trinajstić information content (AvgIpc) is 2.64. The number of hydrogen-bond donors (Lipinski definition) is 4. The largest absolute Gasteiger partial charge is 0.394 e. The van der Waals surface area contributed by atoms with Crippen LogP contribution in [0.25, 0.3) is 0 Å². The first-order valence-corrected chi connectivity index (χ1v) is 6.86. The monoisotopic (exact) mass is 278 g/mol. The van der Waals surface area contributed by atoms with Gasteiger partial charge in [-0.2, -0.15) is 0 Å². The zero-order valence-electron chi connectivity index (χ0n) is 11.8. The standard InChI is InChI=1S/C13H26O6/c1-4-7(2)9(5-8(3)15)18-13-12(17)11(16)10(6-14)19-13/h7-17H,4-6H2,1-3H3/t7-,8-,9?,10+,11+,12-,13-/m1/s1.